The van der Waals surface area contributed by atoms with Gasteiger partial charge in [-0.1, -0.05) is 24.1 Å². The zero-order valence-corrected chi connectivity index (χ0v) is 15.8. The third kappa shape index (κ3) is 3.33. The predicted molar refractivity (Wildman–Crippen MR) is 100 cm³/mol. The van der Waals surface area contributed by atoms with Crippen LogP contribution < -0.4 is 4.90 Å². The lowest BCUT2D eigenvalue weighted by Crippen LogP contribution is -2.56. The van der Waals surface area contributed by atoms with Crippen LogP contribution in [0.3, 0.4) is 0 Å². The number of aryl methyl sites for hydroxylation is 1. The van der Waals surface area contributed by atoms with Gasteiger partial charge < -0.3 is 14.5 Å². The highest BCUT2D eigenvalue weighted by Gasteiger charge is 2.54. The molecular formula is C21H26N2O4. The van der Waals surface area contributed by atoms with E-state index in [0.717, 1.165) is 43.4 Å². The van der Waals surface area contributed by atoms with E-state index < -0.39 is 11.5 Å². The summed E-state index contributed by atoms with van der Waals surface area (Å²) >= 11 is 0. The molecule has 0 bridgehead atoms. The Morgan fingerprint density at radius 1 is 1.07 bits per heavy atom. The molecule has 1 saturated carbocycles. The van der Waals surface area contributed by atoms with E-state index in [2.05, 4.69) is 0 Å². The standard InChI is InChI=1S/C21H26N2O4/c1-15-5-7-16(8-6-15)23-12-11-22(14-18(23)24)20(26)17-13-19(25)27-21(17)9-3-2-4-10-21/h5-8,17H,2-4,9-14H2,1H3/t17-/m1/s1. The third-order valence-electron chi connectivity index (χ3n) is 6.20. The van der Waals surface area contributed by atoms with Gasteiger partial charge in [0.05, 0.1) is 12.3 Å². The number of anilines is 1. The molecule has 1 aliphatic carbocycles. The Balaban J connectivity index is 1.46. The van der Waals surface area contributed by atoms with E-state index in [1.165, 1.54) is 0 Å². The first kappa shape index (κ1) is 18.0. The van der Waals surface area contributed by atoms with E-state index in [-0.39, 0.29) is 30.7 Å². The van der Waals surface area contributed by atoms with Gasteiger partial charge in [-0.2, -0.15) is 0 Å². The first-order valence-electron chi connectivity index (χ1n) is 9.86. The van der Waals surface area contributed by atoms with E-state index in [4.69, 9.17) is 4.74 Å². The summed E-state index contributed by atoms with van der Waals surface area (Å²) in [6.45, 7) is 3.03. The summed E-state index contributed by atoms with van der Waals surface area (Å²) in [4.78, 5) is 41.2. The minimum Gasteiger partial charge on any atom is -0.458 e. The second-order valence-corrected chi connectivity index (χ2v) is 8.00. The van der Waals surface area contributed by atoms with Crippen molar-refractivity contribution in [3.63, 3.8) is 0 Å². The maximum absolute atomic E-state index is 13.2. The van der Waals surface area contributed by atoms with Crippen LogP contribution in [0.5, 0.6) is 0 Å². The quantitative estimate of drug-likeness (QED) is 0.750. The minimum atomic E-state index is -0.635. The van der Waals surface area contributed by atoms with Crippen LogP contribution in [0, 0.1) is 12.8 Å². The fourth-order valence-electron chi connectivity index (χ4n) is 4.68. The Morgan fingerprint density at radius 2 is 1.78 bits per heavy atom. The van der Waals surface area contributed by atoms with Crippen LogP contribution in [0.2, 0.25) is 0 Å². The second-order valence-electron chi connectivity index (χ2n) is 8.00. The predicted octanol–water partition coefficient (Wildman–Crippen LogP) is 2.44. The van der Waals surface area contributed by atoms with Gasteiger partial charge in [0, 0.05) is 18.8 Å². The highest BCUT2D eigenvalue weighted by molar-refractivity contribution is 5.99. The van der Waals surface area contributed by atoms with Crippen LogP contribution in [0.25, 0.3) is 0 Å². The molecule has 2 aliphatic heterocycles. The summed E-state index contributed by atoms with van der Waals surface area (Å²) in [6, 6.07) is 7.83. The van der Waals surface area contributed by atoms with Crippen LogP contribution in [0.15, 0.2) is 24.3 Å². The number of carbonyl (C=O) groups is 3. The van der Waals surface area contributed by atoms with Gasteiger partial charge in [-0.25, -0.2) is 0 Å². The van der Waals surface area contributed by atoms with Crippen LogP contribution in [0.1, 0.15) is 44.1 Å². The molecule has 2 heterocycles. The summed E-state index contributed by atoms with van der Waals surface area (Å²) in [7, 11) is 0. The number of carbonyl (C=O) groups excluding carboxylic acids is 3. The molecule has 6 heteroatoms. The smallest absolute Gasteiger partial charge is 0.307 e. The van der Waals surface area contributed by atoms with Gasteiger partial charge in [-0.15, -0.1) is 0 Å². The molecule has 2 saturated heterocycles. The summed E-state index contributed by atoms with van der Waals surface area (Å²) in [5.41, 5.74) is 1.37. The van der Waals surface area contributed by atoms with Crippen molar-refractivity contribution in [2.45, 2.75) is 51.0 Å². The van der Waals surface area contributed by atoms with Crippen LogP contribution in [-0.4, -0.2) is 47.9 Å². The molecule has 1 atom stereocenters. The first-order chi connectivity index (χ1) is 13.0. The number of rotatable bonds is 2. The maximum atomic E-state index is 13.2. The van der Waals surface area contributed by atoms with E-state index in [0.29, 0.717) is 13.1 Å². The molecule has 0 unspecified atom stereocenters. The zero-order valence-electron chi connectivity index (χ0n) is 15.8. The molecular weight excluding hydrogens is 344 g/mol. The summed E-state index contributed by atoms with van der Waals surface area (Å²) in [6.07, 6.45) is 4.74. The lowest BCUT2D eigenvalue weighted by atomic mass is 9.75. The normalized spacial score (nSPS) is 25.0. The summed E-state index contributed by atoms with van der Waals surface area (Å²) in [5, 5.41) is 0. The number of hydrogen-bond acceptors (Lipinski definition) is 4. The summed E-state index contributed by atoms with van der Waals surface area (Å²) in [5.74, 6) is -0.898. The van der Waals surface area contributed by atoms with Crippen molar-refractivity contribution >= 4 is 23.5 Å². The van der Waals surface area contributed by atoms with Gasteiger partial charge in [0.25, 0.3) is 0 Å². The molecule has 4 rings (SSSR count). The second kappa shape index (κ2) is 6.98. The maximum Gasteiger partial charge on any atom is 0.307 e. The SMILES string of the molecule is Cc1ccc(N2CCN(C(=O)[C@H]3CC(=O)OC34CCCCC4)CC2=O)cc1. The van der Waals surface area contributed by atoms with Crippen LogP contribution in [0.4, 0.5) is 5.69 Å². The van der Waals surface area contributed by atoms with Gasteiger partial charge in [0.2, 0.25) is 11.8 Å². The van der Waals surface area contributed by atoms with Crippen molar-refractivity contribution < 1.29 is 19.1 Å². The Kier molecular flexibility index (Phi) is 4.66. The molecule has 0 N–H and O–H groups in total. The lowest BCUT2D eigenvalue weighted by molar-refractivity contribution is -0.156. The van der Waals surface area contributed by atoms with Gasteiger partial charge in [0.1, 0.15) is 12.1 Å². The van der Waals surface area contributed by atoms with Crippen molar-refractivity contribution in [1.82, 2.24) is 4.90 Å². The molecule has 0 aromatic heterocycles. The largest absolute Gasteiger partial charge is 0.458 e. The highest BCUT2D eigenvalue weighted by Crippen LogP contribution is 2.45. The van der Waals surface area contributed by atoms with Crippen molar-refractivity contribution in [2.75, 3.05) is 24.5 Å². The molecule has 3 aliphatic rings. The number of piperazine rings is 1. The molecule has 6 nitrogen and oxygen atoms in total. The van der Waals surface area contributed by atoms with Crippen molar-refractivity contribution in [3.05, 3.63) is 29.8 Å². The molecule has 1 aromatic rings. The number of nitrogens with zero attached hydrogens (tertiary/aromatic N) is 2. The van der Waals surface area contributed by atoms with Crippen LogP contribution >= 0.6 is 0 Å². The van der Waals surface area contributed by atoms with Gasteiger partial charge in [-0.3, -0.25) is 14.4 Å². The Hall–Kier alpha value is -2.37. The van der Waals surface area contributed by atoms with E-state index in [1.54, 1.807) is 9.80 Å². The highest BCUT2D eigenvalue weighted by atomic mass is 16.6. The molecule has 3 fully saturated rings. The average Bonchev–Trinajstić information content (AvgIpc) is 2.98. The zero-order chi connectivity index (χ0) is 19.0. The molecule has 1 aromatic carbocycles. The fraction of sp³-hybridized carbons (Fsp3) is 0.571. The first-order valence-corrected chi connectivity index (χ1v) is 9.86. The molecule has 1 spiro atoms. The number of amides is 2. The van der Waals surface area contributed by atoms with Crippen LogP contribution in [-0.2, 0) is 19.1 Å². The monoisotopic (exact) mass is 370 g/mol. The number of benzene rings is 1. The number of ether oxygens (including phenoxy) is 1. The fourth-order valence-corrected chi connectivity index (χ4v) is 4.68. The Morgan fingerprint density at radius 3 is 2.44 bits per heavy atom. The molecule has 0 radical (unpaired) electrons. The minimum absolute atomic E-state index is 0.0630. The number of esters is 1. The Bertz CT molecular complexity index is 752. The van der Waals surface area contributed by atoms with Crippen molar-refractivity contribution in [3.8, 4) is 0 Å². The molecule has 2 amide bonds. The van der Waals surface area contributed by atoms with Crippen molar-refractivity contribution in [1.29, 1.82) is 0 Å². The third-order valence-corrected chi connectivity index (χ3v) is 6.20. The summed E-state index contributed by atoms with van der Waals surface area (Å²) < 4.78 is 5.66. The molecule has 27 heavy (non-hydrogen) atoms. The Labute approximate surface area is 159 Å². The van der Waals surface area contributed by atoms with Gasteiger partial charge in [-0.05, 0) is 44.7 Å². The van der Waals surface area contributed by atoms with Crippen molar-refractivity contribution in [2.24, 2.45) is 5.92 Å². The van der Waals surface area contributed by atoms with Gasteiger partial charge >= 0.3 is 5.97 Å². The van der Waals surface area contributed by atoms with E-state index in [9.17, 15) is 14.4 Å². The lowest BCUT2D eigenvalue weighted by Gasteiger charge is -2.40. The van der Waals surface area contributed by atoms with E-state index >= 15 is 0 Å². The molecule has 144 valence electrons. The van der Waals surface area contributed by atoms with E-state index in [1.807, 2.05) is 31.2 Å². The average molecular weight is 370 g/mol. The number of hydrogen-bond donors (Lipinski definition) is 0. The van der Waals surface area contributed by atoms with Gasteiger partial charge in [0.15, 0.2) is 0 Å². The topological polar surface area (TPSA) is 66.9 Å².